The van der Waals surface area contributed by atoms with Gasteiger partial charge in [0.2, 0.25) is 5.95 Å². The molecule has 2 heterocycles. The quantitative estimate of drug-likeness (QED) is 0.748. The number of hydrogen-bond donors (Lipinski definition) is 1. The van der Waals surface area contributed by atoms with E-state index >= 15 is 0 Å². The molecular formula is C10H18N4O. The average molecular weight is 210 g/mol. The molecule has 1 fully saturated rings. The van der Waals surface area contributed by atoms with Crippen LogP contribution in [-0.2, 0) is 7.05 Å². The van der Waals surface area contributed by atoms with Gasteiger partial charge >= 0.3 is 5.69 Å². The Bertz CT molecular complexity index is 384. The van der Waals surface area contributed by atoms with Crippen LogP contribution in [0.15, 0.2) is 4.79 Å². The number of hydrogen-bond acceptors (Lipinski definition) is 3. The van der Waals surface area contributed by atoms with Crippen molar-refractivity contribution >= 4 is 5.95 Å². The second-order valence-electron chi connectivity index (χ2n) is 4.41. The van der Waals surface area contributed by atoms with Crippen LogP contribution in [0.1, 0.15) is 33.1 Å². The second kappa shape index (κ2) is 3.72. The number of aromatic amines is 1. The first-order valence-electron chi connectivity index (χ1n) is 5.51. The molecule has 1 N–H and O–H groups in total. The topological polar surface area (TPSA) is 53.9 Å². The van der Waals surface area contributed by atoms with Crippen molar-refractivity contribution in [3.05, 3.63) is 10.5 Å². The monoisotopic (exact) mass is 210 g/mol. The molecule has 15 heavy (non-hydrogen) atoms. The summed E-state index contributed by atoms with van der Waals surface area (Å²) in [4.78, 5) is 16.3. The highest BCUT2D eigenvalue weighted by Gasteiger charge is 2.27. The van der Waals surface area contributed by atoms with Gasteiger partial charge in [0, 0.05) is 19.1 Å². The fourth-order valence-electron chi connectivity index (χ4n) is 2.34. The van der Waals surface area contributed by atoms with Crippen molar-refractivity contribution in [2.75, 3.05) is 4.90 Å². The molecule has 0 saturated carbocycles. The Kier molecular flexibility index (Phi) is 2.54. The predicted octanol–water partition coefficient (Wildman–Crippen LogP) is 0.876. The van der Waals surface area contributed by atoms with E-state index in [2.05, 4.69) is 28.8 Å². The summed E-state index contributed by atoms with van der Waals surface area (Å²) >= 11 is 0. The molecule has 2 rings (SSSR count). The minimum atomic E-state index is -0.144. The molecule has 0 amide bonds. The van der Waals surface area contributed by atoms with Gasteiger partial charge in [0.15, 0.2) is 0 Å². The smallest absolute Gasteiger partial charge is 0.336 e. The molecule has 84 valence electrons. The molecule has 1 aromatic rings. The van der Waals surface area contributed by atoms with Gasteiger partial charge in [-0.15, -0.1) is 5.10 Å². The number of anilines is 1. The van der Waals surface area contributed by atoms with E-state index in [0.717, 1.165) is 0 Å². The van der Waals surface area contributed by atoms with Crippen molar-refractivity contribution < 1.29 is 0 Å². The lowest BCUT2D eigenvalue weighted by Gasteiger charge is -2.38. The summed E-state index contributed by atoms with van der Waals surface area (Å²) in [5, 5.41) is 4.21. The van der Waals surface area contributed by atoms with Gasteiger partial charge in [0.1, 0.15) is 0 Å². The van der Waals surface area contributed by atoms with Crippen molar-refractivity contribution in [1.82, 2.24) is 14.8 Å². The maximum Gasteiger partial charge on any atom is 0.344 e. The van der Waals surface area contributed by atoms with Gasteiger partial charge in [-0.05, 0) is 33.1 Å². The second-order valence-corrected chi connectivity index (χ2v) is 4.41. The van der Waals surface area contributed by atoms with E-state index in [-0.39, 0.29) is 5.69 Å². The normalized spacial score (nSPS) is 27.0. The van der Waals surface area contributed by atoms with E-state index < -0.39 is 0 Å². The molecule has 1 aliphatic heterocycles. The highest BCUT2D eigenvalue weighted by molar-refractivity contribution is 5.32. The van der Waals surface area contributed by atoms with Crippen molar-refractivity contribution in [3.8, 4) is 0 Å². The summed E-state index contributed by atoms with van der Waals surface area (Å²) in [6.07, 6.45) is 3.60. The van der Waals surface area contributed by atoms with Crippen LogP contribution in [0.4, 0.5) is 5.95 Å². The van der Waals surface area contributed by atoms with Crippen LogP contribution in [0.5, 0.6) is 0 Å². The lowest BCUT2D eigenvalue weighted by molar-refractivity contribution is 0.407. The van der Waals surface area contributed by atoms with Gasteiger partial charge in [-0.2, -0.15) is 0 Å². The molecule has 0 aliphatic carbocycles. The summed E-state index contributed by atoms with van der Waals surface area (Å²) in [6, 6.07) is 0.915. The van der Waals surface area contributed by atoms with E-state index in [9.17, 15) is 4.79 Å². The highest BCUT2D eigenvalue weighted by Crippen LogP contribution is 2.25. The zero-order valence-corrected chi connectivity index (χ0v) is 9.53. The average Bonchev–Trinajstić information content (AvgIpc) is 2.46. The van der Waals surface area contributed by atoms with E-state index in [4.69, 9.17) is 0 Å². The largest absolute Gasteiger partial charge is 0.344 e. The number of nitrogens with zero attached hydrogens (tertiary/aromatic N) is 3. The highest BCUT2D eigenvalue weighted by atomic mass is 16.2. The molecule has 2 atom stereocenters. The molecule has 5 heteroatoms. The minimum Gasteiger partial charge on any atom is -0.336 e. The fourth-order valence-corrected chi connectivity index (χ4v) is 2.34. The molecule has 0 radical (unpaired) electrons. The fraction of sp³-hybridized carbons (Fsp3) is 0.800. The first-order chi connectivity index (χ1) is 7.09. The van der Waals surface area contributed by atoms with E-state index in [0.29, 0.717) is 18.0 Å². The lowest BCUT2D eigenvalue weighted by Crippen LogP contribution is -2.44. The number of piperidine rings is 1. The van der Waals surface area contributed by atoms with Crippen LogP contribution >= 0.6 is 0 Å². The number of rotatable bonds is 1. The summed E-state index contributed by atoms with van der Waals surface area (Å²) < 4.78 is 1.35. The Labute approximate surface area is 89.1 Å². The zero-order valence-electron chi connectivity index (χ0n) is 9.53. The molecule has 0 unspecified atom stereocenters. The van der Waals surface area contributed by atoms with Gasteiger partial charge in [-0.1, -0.05) is 0 Å². The molecule has 1 saturated heterocycles. The molecular weight excluding hydrogens is 192 g/mol. The van der Waals surface area contributed by atoms with Gasteiger partial charge in [-0.3, -0.25) is 4.98 Å². The molecule has 0 spiro atoms. The van der Waals surface area contributed by atoms with Crippen molar-refractivity contribution in [2.24, 2.45) is 7.05 Å². The van der Waals surface area contributed by atoms with Gasteiger partial charge in [-0.25, -0.2) is 9.48 Å². The Morgan fingerprint density at radius 1 is 1.33 bits per heavy atom. The van der Waals surface area contributed by atoms with E-state index in [1.54, 1.807) is 7.05 Å². The Morgan fingerprint density at radius 2 is 1.93 bits per heavy atom. The predicted molar refractivity (Wildman–Crippen MR) is 59.1 cm³/mol. The summed E-state index contributed by atoms with van der Waals surface area (Å²) in [7, 11) is 1.67. The van der Waals surface area contributed by atoms with Crippen LogP contribution in [0, 0.1) is 0 Å². The zero-order chi connectivity index (χ0) is 11.0. The molecule has 5 nitrogen and oxygen atoms in total. The van der Waals surface area contributed by atoms with Crippen molar-refractivity contribution in [1.29, 1.82) is 0 Å². The third-order valence-electron chi connectivity index (χ3n) is 3.20. The van der Waals surface area contributed by atoms with Gasteiger partial charge in [0.25, 0.3) is 0 Å². The van der Waals surface area contributed by atoms with Gasteiger partial charge in [0.05, 0.1) is 0 Å². The third-order valence-corrected chi connectivity index (χ3v) is 3.20. The van der Waals surface area contributed by atoms with Crippen LogP contribution in [0.25, 0.3) is 0 Å². The Balaban J connectivity index is 2.31. The summed E-state index contributed by atoms with van der Waals surface area (Å²) in [5.41, 5.74) is -0.144. The number of aryl methyl sites for hydroxylation is 1. The molecule has 0 aromatic carbocycles. The van der Waals surface area contributed by atoms with E-state index in [1.807, 2.05) is 0 Å². The van der Waals surface area contributed by atoms with Gasteiger partial charge < -0.3 is 4.90 Å². The van der Waals surface area contributed by atoms with Crippen molar-refractivity contribution in [3.63, 3.8) is 0 Å². The van der Waals surface area contributed by atoms with Crippen LogP contribution in [0.3, 0.4) is 0 Å². The maximum atomic E-state index is 11.3. The van der Waals surface area contributed by atoms with Crippen LogP contribution in [-0.4, -0.2) is 26.8 Å². The Morgan fingerprint density at radius 3 is 2.40 bits per heavy atom. The van der Waals surface area contributed by atoms with Crippen LogP contribution in [0.2, 0.25) is 0 Å². The molecule has 0 bridgehead atoms. The minimum absolute atomic E-state index is 0.144. The summed E-state index contributed by atoms with van der Waals surface area (Å²) in [6.45, 7) is 4.37. The lowest BCUT2D eigenvalue weighted by atomic mass is 9.98. The molecule has 1 aliphatic rings. The first-order valence-corrected chi connectivity index (χ1v) is 5.51. The third kappa shape index (κ3) is 1.78. The van der Waals surface area contributed by atoms with Crippen molar-refractivity contribution in [2.45, 2.75) is 45.2 Å². The Hall–Kier alpha value is -1.26. The number of nitrogens with one attached hydrogen (secondary N) is 1. The number of aromatic nitrogens is 3. The number of H-pyrrole nitrogens is 1. The summed E-state index contributed by atoms with van der Waals surface area (Å²) in [5.74, 6) is 0.710. The SMILES string of the molecule is C[C@@H]1CCC[C@@H](C)N1c1nn(C)c(=O)[nH]1. The van der Waals surface area contributed by atoms with Crippen LogP contribution < -0.4 is 10.6 Å². The standard InChI is InChI=1S/C10H18N4O/c1-7-5-4-6-8(2)14(7)9-11-10(15)13(3)12-9/h7-8H,4-6H2,1-3H3,(H,11,12,15)/t7-,8-/m1/s1. The molecule has 1 aromatic heterocycles. The first kappa shape index (κ1) is 10.3. The van der Waals surface area contributed by atoms with E-state index in [1.165, 1.54) is 23.9 Å². The maximum absolute atomic E-state index is 11.3.